The van der Waals surface area contributed by atoms with Gasteiger partial charge in [-0.1, -0.05) is 0 Å². The van der Waals surface area contributed by atoms with Crippen LogP contribution in [0.2, 0.25) is 0 Å². The van der Waals surface area contributed by atoms with Gasteiger partial charge in [-0.25, -0.2) is 9.97 Å². The van der Waals surface area contributed by atoms with Crippen LogP contribution in [-0.4, -0.2) is 58.7 Å². The first-order valence-electron chi connectivity index (χ1n) is 8.07. The Bertz CT molecular complexity index is 603. The molecule has 0 spiro atoms. The van der Waals surface area contributed by atoms with Crippen LogP contribution in [0.1, 0.15) is 36.2 Å². The fourth-order valence-corrected chi connectivity index (χ4v) is 3.25. The van der Waals surface area contributed by atoms with Crippen molar-refractivity contribution in [2.75, 3.05) is 24.5 Å². The Labute approximate surface area is 137 Å². The molecule has 3 rings (SSSR count). The van der Waals surface area contributed by atoms with Crippen molar-refractivity contribution in [1.29, 1.82) is 0 Å². The second-order valence-electron chi connectivity index (χ2n) is 6.29. The predicted molar refractivity (Wildman–Crippen MR) is 81.6 cm³/mol. The highest BCUT2D eigenvalue weighted by atomic mass is 19.4. The molecular formula is C15H20F3N5O. The summed E-state index contributed by atoms with van der Waals surface area (Å²) in [6.07, 6.45) is -0.963. The van der Waals surface area contributed by atoms with Gasteiger partial charge in [0.25, 0.3) is 5.91 Å². The molecule has 24 heavy (non-hydrogen) atoms. The van der Waals surface area contributed by atoms with Crippen LogP contribution in [0.3, 0.4) is 0 Å². The van der Waals surface area contributed by atoms with E-state index in [1.165, 1.54) is 12.3 Å². The number of anilines is 1. The highest BCUT2D eigenvalue weighted by molar-refractivity contribution is 5.93. The first-order chi connectivity index (χ1) is 11.4. The molecule has 1 aromatic heterocycles. The number of piperidine rings is 1. The zero-order valence-corrected chi connectivity index (χ0v) is 13.2. The second kappa shape index (κ2) is 6.54. The molecule has 2 fully saturated rings. The van der Waals surface area contributed by atoms with E-state index >= 15 is 0 Å². The summed E-state index contributed by atoms with van der Waals surface area (Å²) in [7, 11) is 0. The molecule has 2 saturated heterocycles. The molecule has 2 atom stereocenters. The van der Waals surface area contributed by atoms with E-state index in [1.54, 1.807) is 0 Å². The molecule has 3 heterocycles. The van der Waals surface area contributed by atoms with Crippen LogP contribution in [-0.2, 0) is 0 Å². The normalized spacial score (nSPS) is 25.2. The highest BCUT2D eigenvalue weighted by Gasteiger charge is 2.48. The van der Waals surface area contributed by atoms with Crippen molar-refractivity contribution in [1.82, 2.24) is 14.9 Å². The van der Waals surface area contributed by atoms with Crippen molar-refractivity contribution in [3.8, 4) is 0 Å². The molecule has 1 aromatic rings. The molecule has 0 radical (unpaired) electrons. The van der Waals surface area contributed by atoms with Gasteiger partial charge in [0.1, 0.15) is 11.7 Å². The number of hydrogen-bond donors (Lipinski definition) is 1. The number of rotatable bonds is 2. The molecule has 0 aliphatic carbocycles. The van der Waals surface area contributed by atoms with Gasteiger partial charge in [0.05, 0.1) is 0 Å². The number of aromatic nitrogens is 2. The lowest BCUT2D eigenvalue weighted by atomic mass is 9.98. The minimum absolute atomic E-state index is 0.0183. The van der Waals surface area contributed by atoms with Gasteiger partial charge in [0, 0.05) is 31.9 Å². The maximum absolute atomic E-state index is 13.2. The third-order valence-electron chi connectivity index (χ3n) is 4.51. The number of nitrogens with two attached hydrogens (primary N) is 1. The van der Waals surface area contributed by atoms with Crippen LogP contribution in [0.4, 0.5) is 19.1 Å². The number of nitrogens with zero attached hydrogens (tertiary/aromatic N) is 4. The minimum atomic E-state index is -4.47. The van der Waals surface area contributed by atoms with Gasteiger partial charge in [-0.3, -0.25) is 4.79 Å². The van der Waals surface area contributed by atoms with E-state index in [0.717, 1.165) is 30.8 Å². The summed E-state index contributed by atoms with van der Waals surface area (Å²) in [5.41, 5.74) is 5.76. The van der Waals surface area contributed by atoms with E-state index in [4.69, 9.17) is 5.73 Å². The van der Waals surface area contributed by atoms with Gasteiger partial charge < -0.3 is 15.5 Å². The molecule has 9 heteroatoms. The summed E-state index contributed by atoms with van der Waals surface area (Å²) in [5, 5.41) is 0. The largest absolute Gasteiger partial charge is 0.408 e. The standard InChI is InChI=1S/C15H20F3N5O/c16-15(17,18)12-4-3-10(19)9-23(12)13(24)11-5-6-20-14(21-11)22-7-1-2-8-22/h5-6,10,12H,1-4,7-9,19H2. The number of hydrogen-bond acceptors (Lipinski definition) is 5. The van der Waals surface area contributed by atoms with Gasteiger partial charge in [-0.15, -0.1) is 0 Å². The van der Waals surface area contributed by atoms with Crippen LogP contribution in [0, 0.1) is 0 Å². The van der Waals surface area contributed by atoms with Crippen LogP contribution in [0.15, 0.2) is 12.3 Å². The molecule has 2 unspecified atom stereocenters. The van der Waals surface area contributed by atoms with Gasteiger partial charge in [0.15, 0.2) is 0 Å². The summed E-state index contributed by atoms with van der Waals surface area (Å²) in [6.45, 7) is 1.46. The maximum Gasteiger partial charge on any atom is 0.408 e. The van der Waals surface area contributed by atoms with E-state index in [9.17, 15) is 18.0 Å². The minimum Gasteiger partial charge on any atom is -0.341 e. The maximum atomic E-state index is 13.2. The molecule has 132 valence electrons. The number of alkyl halides is 3. The Balaban J connectivity index is 1.84. The van der Waals surface area contributed by atoms with Crippen LogP contribution < -0.4 is 10.6 Å². The number of likely N-dealkylation sites (tertiary alicyclic amines) is 1. The van der Waals surface area contributed by atoms with Crippen molar-refractivity contribution in [3.63, 3.8) is 0 Å². The van der Waals surface area contributed by atoms with Crippen molar-refractivity contribution < 1.29 is 18.0 Å². The molecule has 2 aliphatic heterocycles. The lowest BCUT2D eigenvalue weighted by molar-refractivity contribution is -0.184. The Hall–Kier alpha value is -1.90. The lowest BCUT2D eigenvalue weighted by Crippen LogP contribution is -2.56. The average molecular weight is 343 g/mol. The quantitative estimate of drug-likeness (QED) is 0.882. The van der Waals surface area contributed by atoms with E-state index in [-0.39, 0.29) is 25.1 Å². The Morgan fingerprint density at radius 3 is 2.62 bits per heavy atom. The lowest BCUT2D eigenvalue weighted by Gasteiger charge is -2.39. The van der Waals surface area contributed by atoms with Crippen LogP contribution in [0.5, 0.6) is 0 Å². The van der Waals surface area contributed by atoms with Gasteiger partial charge in [-0.05, 0) is 31.7 Å². The summed E-state index contributed by atoms with van der Waals surface area (Å²) < 4.78 is 39.7. The average Bonchev–Trinajstić information content (AvgIpc) is 3.07. The molecule has 2 aliphatic rings. The summed E-state index contributed by atoms with van der Waals surface area (Å²) in [5.74, 6) is -0.349. The van der Waals surface area contributed by atoms with Crippen molar-refractivity contribution >= 4 is 11.9 Å². The molecule has 0 aromatic carbocycles. The summed E-state index contributed by atoms with van der Waals surface area (Å²) in [6, 6.07) is -0.905. The fourth-order valence-electron chi connectivity index (χ4n) is 3.25. The first-order valence-corrected chi connectivity index (χ1v) is 8.07. The molecule has 0 saturated carbocycles. The van der Waals surface area contributed by atoms with E-state index in [1.807, 2.05) is 4.90 Å². The zero-order chi connectivity index (χ0) is 17.3. The first kappa shape index (κ1) is 16.9. The Morgan fingerprint density at radius 1 is 1.25 bits per heavy atom. The van der Waals surface area contributed by atoms with Crippen molar-refractivity contribution in [2.45, 2.75) is 43.9 Å². The Kier molecular flexibility index (Phi) is 4.62. The predicted octanol–water partition coefficient (Wildman–Crippen LogP) is 1.57. The van der Waals surface area contributed by atoms with Crippen LogP contribution in [0.25, 0.3) is 0 Å². The van der Waals surface area contributed by atoms with Crippen LogP contribution >= 0.6 is 0 Å². The van der Waals surface area contributed by atoms with Crippen molar-refractivity contribution in [2.24, 2.45) is 5.73 Å². The highest BCUT2D eigenvalue weighted by Crippen LogP contribution is 2.32. The molecule has 2 N–H and O–H groups in total. The Morgan fingerprint density at radius 2 is 1.96 bits per heavy atom. The topological polar surface area (TPSA) is 75.3 Å². The third-order valence-corrected chi connectivity index (χ3v) is 4.51. The molecule has 1 amide bonds. The van der Waals surface area contributed by atoms with Gasteiger partial charge >= 0.3 is 6.18 Å². The number of halogens is 3. The van der Waals surface area contributed by atoms with E-state index < -0.39 is 24.2 Å². The van der Waals surface area contributed by atoms with Gasteiger partial charge in [0.2, 0.25) is 5.95 Å². The van der Waals surface area contributed by atoms with E-state index in [0.29, 0.717) is 5.95 Å². The SMILES string of the molecule is NC1CCC(C(F)(F)F)N(C(=O)c2ccnc(N3CCCC3)n2)C1. The monoisotopic (exact) mass is 343 g/mol. The third kappa shape index (κ3) is 3.45. The van der Waals surface area contributed by atoms with Crippen molar-refractivity contribution in [3.05, 3.63) is 18.0 Å². The number of carbonyl (C=O) groups is 1. The molecular weight excluding hydrogens is 323 g/mol. The second-order valence-corrected chi connectivity index (χ2v) is 6.29. The summed E-state index contributed by atoms with van der Waals surface area (Å²) >= 11 is 0. The zero-order valence-electron chi connectivity index (χ0n) is 13.2. The van der Waals surface area contributed by atoms with E-state index in [2.05, 4.69) is 9.97 Å². The number of amides is 1. The number of carbonyl (C=O) groups excluding carboxylic acids is 1. The molecule has 0 bridgehead atoms. The summed E-state index contributed by atoms with van der Waals surface area (Å²) in [4.78, 5) is 23.7. The fraction of sp³-hybridized carbons (Fsp3) is 0.667. The smallest absolute Gasteiger partial charge is 0.341 e. The molecule has 6 nitrogen and oxygen atoms in total. The van der Waals surface area contributed by atoms with Gasteiger partial charge in [-0.2, -0.15) is 13.2 Å².